The normalized spacial score (nSPS) is 11.7. The topological polar surface area (TPSA) is 72.0 Å². The molecular formula is C10H9BrClN3O2S2. The fraction of sp³-hybridized carbons (Fsp3) is 0.200. The lowest BCUT2D eigenvalue weighted by Gasteiger charge is -2.07. The van der Waals surface area contributed by atoms with Gasteiger partial charge in [-0.05, 0) is 28.9 Å². The molecule has 1 N–H and O–H groups in total. The first kappa shape index (κ1) is 14.9. The lowest BCUT2D eigenvalue weighted by molar-refractivity contribution is 0.580. The number of halogens is 2. The van der Waals surface area contributed by atoms with E-state index in [4.69, 9.17) is 11.6 Å². The maximum atomic E-state index is 12.1. The molecule has 5 nitrogen and oxygen atoms in total. The van der Waals surface area contributed by atoms with Gasteiger partial charge < -0.3 is 0 Å². The highest BCUT2D eigenvalue weighted by atomic mass is 79.9. The summed E-state index contributed by atoms with van der Waals surface area (Å²) in [5.41, 5.74) is 0.671. The van der Waals surface area contributed by atoms with Crippen LogP contribution in [0.25, 0.3) is 0 Å². The number of nitrogens with one attached hydrogen (secondary N) is 1. The summed E-state index contributed by atoms with van der Waals surface area (Å²) in [6.07, 6.45) is 1.44. The Kier molecular flexibility index (Phi) is 4.57. The van der Waals surface area contributed by atoms with Gasteiger partial charge in [0, 0.05) is 16.0 Å². The van der Waals surface area contributed by atoms with Crippen LogP contribution in [-0.4, -0.2) is 18.4 Å². The second-order valence-corrected chi connectivity index (χ2v) is 7.70. The summed E-state index contributed by atoms with van der Waals surface area (Å²) < 4.78 is 27.2. The van der Waals surface area contributed by atoms with Crippen molar-refractivity contribution in [2.75, 3.05) is 0 Å². The molecule has 0 fully saturated rings. The minimum atomic E-state index is -3.71. The molecule has 0 unspecified atom stereocenters. The van der Waals surface area contributed by atoms with Crippen LogP contribution in [0, 0.1) is 6.92 Å². The van der Waals surface area contributed by atoms with Crippen molar-refractivity contribution in [1.29, 1.82) is 0 Å². The van der Waals surface area contributed by atoms with Crippen LogP contribution >= 0.6 is 38.9 Å². The van der Waals surface area contributed by atoms with Gasteiger partial charge in [-0.1, -0.05) is 11.6 Å². The van der Waals surface area contributed by atoms with Crippen LogP contribution in [-0.2, 0) is 16.6 Å². The summed E-state index contributed by atoms with van der Waals surface area (Å²) in [4.78, 5) is 7.91. The third kappa shape index (κ3) is 3.73. The van der Waals surface area contributed by atoms with Crippen LogP contribution in [0.15, 0.2) is 27.0 Å². The van der Waals surface area contributed by atoms with Gasteiger partial charge in [-0.25, -0.2) is 23.1 Å². The molecule has 0 aromatic carbocycles. The van der Waals surface area contributed by atoms with Gasteiger partial charge in [0.15, 0.2) is 0 Å². The van der Waals surface area contributed by atoms with Crippen LogP contribution < -0.4 is 4.72 Å². The first-order valence-corrected chi connectivity index (χ1v) is 8.63. The van der Waals surface area contributed by atoms with E-state index in [2.05, 4.69) is 30.6 Å². The molecule has 102 valence electrons. The molecule has 0 saturated carbocycles. The largest absolute Gasteiger partial charge is 0.245 e. The summed E-state index contributed by atoms with van der Waals surface area (Å²) >= 11 is 10.4. The van der Waals surface area contributed by atoms with Crippen LogP contribution in [0.4, 0.5) is 0 Å². The standard InChI is InChI=1S/C10H9BrClN3O2S2/c1-6-15-8(5-18-6)4-14-19(16,17)9-2-7(11)3-13-10(9)12/h2-3,5,14H,4H2,1H3. The first-order valence-electron chi connectivity index (χ1n) is 5.10. The molecule has 2 rings (SSSR count). The average molecular weight is 383 g/mol. The summed E-state index contributed by atoms with van der Waals surface area (Å²) in [5.74, 6) is 0. The molecule has 2 aromatic heterocycles. The Labute approximate surface area is 128 Å². The number of aromatic nitrogens is 2. The van der Waals surface area contributed by atoms with Crippen LogP contribution in [0.1, 0.15) is 10.7 Å². The van der Waals surface area contributed by atoms with E-state index in [1.165, 1.54) is 23.6 Å². The molecule has 0 spiro atoms. The predicted molar refractivity (Wildman–Crippen MR) is 77.8 cm³/mol. The summed E-state index contributed by atoms with van der Waals surface area (Å²) in [6.45, 7) is 1.98. The van der Waals surface area contributed by atoms with E-state index in [-0.39, 0.29) is 16.6 Å². The highest BCUT2D eigenvalue weighted by Gasteiger charge is 2.19. The van der Waals surface area contributed by atoms with Gasteiger partial charge in [-0.2, -0.15) is 0 Å². The number of pyridine rings is 1. The number of aryl methyl sites for hydroxylation is 1. The van der Waals surface area contributed by atoms with E-state index >= 15 is 0 Å². The van der Waals surface area contributed by atoms with Crippen molar-refractivity contribution in [2.24, 2.45) is 0 Å². The molecule has 0 saturated heterocycles. The zero-order chi connectivity index (χ0) is 14.0. The quantitative estimate of drug-likeness (QED) is 0.825. The summed E-state index contributed by atoms with van der Waals surface area (Å²) in [6, 6.07) is 1.41. The zero-order valence-corrected chi connectivity index (χ0v) is 13.7. The Morgan fingerprint density at radius 3 is 2.89 bits per heavy atom. The highest BCUT2D eigenvalue weighted by molar-refractivity contribution is 9.10. The molecule has 2 heterocycles. The van der Waals surface area contributed by atoms with Gasteiger partial charge in [-0.3, -0.25) is 0 Å². The second kappa shape index (κ2) is 5.84. The lowest BCUT2D eigenvalue weighted by Crippen LogP contribution is -2.24. The Hall–Kier alpha value is -0.540. The Morgan fingerprint density at radius 1 is 1.53 bits per heavy atom. The maximum absolute atomic E-state index is 12.1. The number of hydrogen-bond donors (Lipinski definition) is 1. The van der Waals surface area contributed by atoms with Crippen molar-refractivity contribution in [1.82, 2.24) is 14.7 Å². The predicted octanol–water partition coefficient (Wildman–Crippen LogP) is 2.74. The number of thiazole rings is 1. The van der Waals surface area contributed by atoms with E-state index in [0.717, 1.165) is 5.01 Å². The average Bonchev–Trinajstić information content (AvgIpc) is 2.76. The van der Waals surface area contributed by atoms with E-state index in [1.807, 2.05) is 6.92 Å². The van der Waals surface area contributed by atoms with Crippen LogP contribution in [0.3, 0.4) is 0 Å². The molecule has 2 aromatic rings. The third-order valence-corrected chi connectivity index (χ3v) is 5.26. The molecule has 0 aliphatic rings. The highest BCUT2D eigenvalue weighted by Crippen LogP contribution is 2.22. The number of hydrogen-bond acceptors (Lipinski definition) is 5. The monoisotopic (exact) mass is 381 g/mol. The van der Waals surface area contributed by atoms with Crippen molar-refractivity contribution < 1.29 is 8.42 Å². The van der Waals surface area contributed by atoms with E-state index in [0.29, 0.717) is 10.2 Å². The van der Waals surface area contributed by atoms with Gasteiger partial charge in [0.05, 0.1) is 17.2 Å². The third-order valence-electron chi connectivity index (χ3n) is 2.17. The molecule has 0 aliphatic heterocycles. The fourth-order valence-corrected chi connectivity index (χ4v) is 3.88. The molecule has 9 heteroatoms. The molecule has 19 heavy (non-hydrogen) atoms. The van der Waals surface area contributed by atoms with Crippen LogP contribution in [0.2, 0.25) is 5.15 Å². The first-order chi connectivity index (χ1) is 8.88. The second-order valence-electron chi connectivity index (χ2n) is 3.62. The van der Waals surface area contributed by atoms with Crippen molar-refractivity contribution in [3.05, 3.63) is 38.0 Å². The maximum Gasteiger partial charge on any atom is 0.244 e. The summed E-state index contributed by atoms with van der Waals surface area (Å²) in [7, 11) is -3.71. The SMILES string of the molecule is Cc1nc(CNS(=O)(=O)c2cc(Br)cnc2Cl)cs1. The number of rotatable bonds is 4. The zero-order valence-electron chi connectivity index (χ0n) is 9.72. The van der Waals surface area contributed by atoms with Gasteiger partial charge in [0.2, 0.25) is 10.0 Å². The lowest BCUT2D eigenvalue weighted by atomic mass is 10.5. The van der Waals surface area contributed by atoms with Crippen LogP contribution in [0.5, 0.6) is 0 Å². The van der Waals surface area contributed by atoms with E-state index in [1.54, 1.807) is 5.38 Å². The van der Waals surface area contributed by atoms with Crippen molar-refractivity contribution >= 4 is 48.9 Å². The molecule has 0 radical (unpaired) electrons. The van der Waals surface area contributed by atoms with E-state index < -0.39 is 10.0 Å². The Bertz CT molecular complexity index is 703. The summed E-state index contributed by atoms with van der Waals surface area (Å²) in [5, 5.41) is 2.63. The van der Waals surface area contributed by atoms with Gasteiger partial charge in [0.1, 0.15) is 10.0 Å². The smallest absolute Gasteiger partial charge is 0.244 e. The molecule has 0 aliphatic carbocycles. The van der Waals surface area contributed by atoms with Gasteiger partial charge in [-0.15, -0.1) is 11.3 Å². The van der Waals surface area contributed by atoms with Gasteiger partial charge in [0.25, 0.3) is 0 Å². The van der Waals surface area contributed by atoms with Gasteiger partial charge >= 0.3 is 0 Å². The number of sulfonamides is 1. The van der Waals surface area contributed by atoms with E-state index in [9.17, 15) is 8.42 Å². The minimum absolute atomic E-state index is 0.0597. The minimum Gasteiger partial charge on any atom is -0.245 e. The molecule has 0 atom stereocenters. The number of nitrogens with zero attached hydrogens (tertiary/aromatic N) is 2. The van der Waals surface area contributed by atoms with Crippen molar-refractivity contribution in [3.8, 4) is 0 Å². The molecular weight excluding hydrogens is 374 g/mol. The van der Waals surface area contributed by atoms with Crippen molar-refractivity contribution in [2.45, 2.75) is 18.4 Å². The fourth-order valence-electron chi connectivity index (χ4n) is 1.33. The van der Waals surface area contributed by atoms with Crippen molar-refractivity contribution in [3.63, 3.8) is 0 Å². The Morgan fingerprint density at radius 2 is 2.26 bits per heavy atom. The molecule has 0 amide bonds. The molecule has 0 bridgehead atoms. The Balaban J connectivity index is 2.20.